The van der Waals surface area contributed by atoms with Crippen LogP contribution in [0.3, 0.4) is 0 Å². The van der Waals surface area contributed by atoms with Crippen LogP contribution in [0.4, 0.5) is 5.69 Å². The van der Waals surface area contributed by atoms with Crippen molar-refractivity contribution in [2.75, 3.05) is 18.0 Å². The Labute approximate surface area is 116 Å². The smallest absolute Gasteiger partial charge is 0.102 e. The third-order valence-electron chi connectivity index (χ3n) is 3.36. The van der Waals surface area contributed by atoms with Crippen LogP contribution in [-0.4, -0.2) is 27.9 Å². The molecule has 0 aliphatic carbocycles. The molecule has 0 aromatic carbocycles. The van der Waals surface area contributed by atoms with Gasteiger partial charge in [-0.15, -0.1) is 0 Å². The average Bonchev–Trinajstić information content (AvgIpc) is 3.08. The zero-order valence-corrected chi connectivity index (χ0v) is 11.0. The van der Waals surface area contributed by atoms with Crippen molar-refractivity contribution in [3.63, 3.8) is 0 Å². The number of hydrogen-bond acceptors (Lipinski definition) is 4. The van der Waals surface area contributed by atoms with Crippen molar-refractivity contribution in [3.05, 3.63) is 41.4 Å². The van der Waals surface area contributed by atoms with Gasteiger partial charge in [0.05, 0.1) is 28.5 Å². The number of nitriles is 1. The predicted octanol–water partition coefficient (Wildman–Crippen LogP) is 2.25. The third kappa shape index (κ3) is 2.27. The van der Waals surface area contributed by atoms with E-state index >= 15 is 0 Å². The molecule has 0 N–H and O–H groups in total. The summed E-state index contributed by atoms with van der Waals surface area (Å²) in [4.78, 5) is 6.22. The molecule has 1 aliphatic rings. The number of nitrogens with zero attached hydrogens (tertiary/aromatic N) is 5. The minimum Gasteiger partial charge on any atom is -0.368 e. The van der Waals surface area contributed by atoms with Crippen LogP contribution in [0.2, 0.25) is 5.02 Å². The molecule has 1 saturated heterocycles. The predicted molar refractivity (Wildman–Crippen MR) is 72.1 cm³/mol. The largest absolute Gasteiger partial charge is 0.368 e. The van der Waals surface area contributed by atoms with Crippen LogP contribution in [0.25, 0.3) is 0 Å². The highest BCUT2D eigenvalue weighted by Crippen LogP contribution is 2.31. The van der Waals surface area contributed by atoms with Crippen LogP contribution >= 0.6 is 11.6 Å². The lowest BCUT2D eigenvalue weighted by Gasteiger charge is -2.19. The van der Waals surface area contributed by atoms with Crippen LogP contribution < -0.4 is 4.90 Å². The summed E-state index contributed by atoms with van der Waals surface area (Å²) in [5.41, 5.74) is 1.60. The molecule has 5 nitrogen and oxygen atoms in total. The van der Waals surface area contributed by atoms with Crippen molar-refractivity contribution < 1.29 is 0 Å². The van der Waals surface area contributed by atoms with Crippen molar-refractivity contribution >= 4 is 17.3 Å². The van der Waals surface area contributed by atoms with Crippen molar-refractivity contribution in [3.8, 4) is 6.07 Å². The Morgan fingerprint density at radius 1 is 1.42 bits per heavy atom. The van der Waals surface area contributed by atoms with Crippen LogP contribution in [0, 0.1) is 11.3 Å². The zero-order valence-electron chi connectivity index (χ0n) is 10.2. The number of hydrogen-bond donors (Lipinski definition) is 0. The van der Waals surface area contributed by atoms with Gasteiger partial charge in [-0.25, -0.2) is 0 Å². The SMILES string of the molecule is N#Cc1cnn(C2CCN(c3ccncc3Cl)C2)c1. The summed E-state index contributed by atoms with van der Waals surface area (Å²) in [7, 11) is 0. The van der Waals surface area contributed by atoms with E-state index in [-0.39, 0.29) is 6.04 Å². The summed E-state index contributed by atoms with van der Waals surface area (Å²) in [5, 5.41) is 13.7. The van der Waals surface area contributed by atoms with Crippen molar-refractivity contribution in [2.24, 2.45) is 0 Å². The van der Waals surface area contributed by atoms with E-state index in [9.17, 15) is 0 Å². The van der Waals surface area contributed by atoms with Crippen LogP contribution in [0.5, 0.6) is 0 Å². The second-order valence-electron chi connectivity index (χ2n) is 4.54. The molecular weight excluding hydrogens is 262 g/mol. The molecule has 1 atom stereocenters. The second kappa shape index (κ2) is 4.90. The molecule has 0 bridgehead atoms. The van der Waals surface area contributed by atoms with E-state index in [1.54, 1.807) is 24.8 Å². The normalized spacial score (nSPS) is 18.5. The van der Waals surface area contributed by atoms with Gasteiger partial charge in [-0.2, -0.15) is 10.4 Å². The molecule has 6 heteroatoms. The molecule has 19 heavy (non-hydrogen) atoms. The summed E-state index contributed by atoms with van der Waals surface area (Å²) in [6.45, 7) is 1.77. The maximum atomic E-state index is 8.82. The molecule has 96 valence electrons. The van der Waals surface area contributed by atoms with Gasteiger partial charge in [-0.05, 0) is 12.5 Å². The molecule has 0 spiro atoms. The summed E-state index contributed by atoms with van der Waals surface area (Å²) in [6, 6.07) is 4.31. The fourth-order valence-corrected chi connectivity index (χ4v) is 2.64. The Hall–Kier alpha value is -2.06. The highest BCUT2D eigenvalue weighted by molar-refractivity contribution is 6.33. The topological polar surface area (TPSA) is 57.7 Å². The maximum absolute atomic E-state index is 8.82. The number of pyridine rings is 1. The quantitative estimate of drug-likeness (QED) is 0.842. The lowest BCUT2D eigenvalue weighted by Crippen LogP contribution is -2.21. The second-order valence-corrected chi connectivity index (χ2v) is 4.94. The molecule has 0 amide bonds. The fourth-order valence-electron chi connectivity index (χ4n) is 2.40. The number of anilines is 1. The van der Waals surface area contributed by atoms with Crippen molar-refractivity contribution in [1.82, 2.24) is 14.8 Å². The first-order valence-electron chi connectivity index (χ1n) is 6.06. The van der Waals surface area contributed by atoms with Gasteiger partial charge in [0.1, 0.15) is 6.07 Å². The highest BCUT2D eigenvalue weighted by atomic mass is 35.5. The lowest BCUT2D eigenvalue weighted by molar-refractivity contribution is 0.494. The first-order chi connectivity index (χ1) is 9.28. The van der Waals surface area contributed by atoms with Gasteiger partial charge in [0.25, 0.3) is 0 Å². The van der Waals surface area contributed by atoms with Gasteiger partial charge in [0.15, 0.2) is 0 Å². The number of rotatable bonds is 2. The summed E-state index contributed by atoms with van der Waals surface area (Å²) < 4.78 is 1.87. The molecule has 0 saturated carbocycles. The van der Waals surface area contributed by atoms with E-state index in [0.717, 1.165) is 25.2 Å². The van der Waals surface area contributed by atoms with E-state index in [1.807, 2.05) is 10.7 Å². The minimum atomic E-state index is 0.284. The lowest BCUT2D eigenvalue weighted by atomic mass is 10.3. The molecule has 1 unspecified atom stereocenters. The number of halogens is 1. The van der Waals surface area contributed by atoms with E-state index in [0.29, 0.717) is 10.6 Å². The van der Waals surface area contributed by atoms with E-state index in [2.05, 4.69) is 21.1 Å². The summed E-state index contributed by atoms with van der Waals surface area (Å²) >= 11 is 6.15. The van der Waals surface area contributed by atoms with Gasteiger partial charge in [0.2, 0.25) is 0 Å². The monoisotopic (exact) mass is 273 g/mol. The minimum absolute atomic E-state index is 0.284. The summed E-state index contributed by atoms with van der Waals surface area (Å²) in [6.07, 6.45) is 7.79. The van der Waals surface area contributed by atoms with Gasteiger partial charge in [-0.3, -0.25) is 9.67 Å². The molecule has 1 aliphatic heterocycles. The summed E-state index contributed by atoms with van der Waals surface area (Å²) in [5.74, 6) is 0. The van der Waals surface area contributed by atoms with Crippen LogP contribution in [0.1, 0.15) is 18.0 Å². The molecule has 3 heterocycles. The van der Waals surface area contributed by atoms with Crippen LogP contribution in [0.15, 0.2) is 30.9 Å². The van der Waals surface area contributed by atoms with E-state index < -0.39 is 0 Å². The maximum Gasteiger partial charge on any atom is 0.102 e. The zero-order chi connectivity index (χ0) is 13.2. The highest BCUT2D eigenvalue weighted by Gasteiger charge is 2.25. The van der Waals surface area contributed by atoms with Gasteiger partial charge in [0, 0.05) is 31.7 Å². The van der Waals surface area contributed by atoms with Gasteiger partial charge >= 0.3 is 0 Å². The molecule has 1 fully saturated rings. The number of aromatic nitrogens is 3. The molecule has 2 aromatic heterocycles. The molecule has 3 rings (SSSR count). The van der Waals surface area contributed by atoms with Gasteiger partial charge < -0.3 is 4.90 Å². The Bertz CT molecular complexity index is 630. The fraction of sp³-hybridized carbons (Fsp3) is 0.308. The molecular formula is C13H12ClN5. The molecule has 0 radical (unpaired) electrons. The standard InChI is InChI=1S/C13H12ClN5/c14-12-7-16-3-1-13(12)18-4-2-11(9-18)19-8-10(5-15)6-17-19/h1,3,6-8,11H,2,4,9H2. The Kier molecular flexibility index (Phi) is 3.10. The van der Waals surface area contributed by atoms with Crippen LogP contribution in [-0.2, 0) is 0 Å². The first kappa shape index (κ1) is 12.0. The van der Waals surface area contributed by atoms with E-state index in [1.165, 1.54) is 0 Å². The Morgan fingerprint density at radius 3 is 3.05 bits per heavy atom. The van der Waals surface area contributed by atoms with E-state index in [4.69, 9.17) is 16.9 Å². The van der Waals surface area contributed by atoms with Gasteiger partial charge in [-0.1, -0.05) is 11.6 Å². The Balaban J connectivity index is 1.77. The van der Waals surface area contributed by atoms with Crippen molar-refractivity contribution in [1.29, 1.82) is 5.26 Å². The third-order valence-corrected chi connectivity index (χ3v) is 3.65. The molecule has 2 aromatic rings. The Morgan fingerprint density at radius 2 is 2.32 bits per heavy atom. The van der Waals surface area contributed by atoms with Crippen molar-refractivity contribution in [2.45, 2.75) is 12.5 Å². The first-order valence-corrected chi connectivity index (χ1v) is 6.44. The average molecular weight is 274 g/mol.